The lowest BCUT2D eigenvalue weighted by atomic mass is 9.88. The van der Waals surface area contributed by atoms with Gasteiger partial charge in [-0.2, -0.15) is 0 Å². The van der Waals surface area contributed by atoms with Gasteiger partial charge in [0.25, 0.3) is 0 Å². The third kappa shape index (κ3) is 5.23. The summed E-state index contributed by atoms with van der Waals surface area (Å²) in [5.74, 6) is 0.945. The molecule has 0 amide bonds. The van der Waals surface area contributed by atoms with Crippen LogP contribution in [-0.4, -0.2) is 35.3 Å². The average molecular weight is 374 g/mol. The first kappa shape index (κ1) is 19.2. The second-order valence-corrected chi connectivity index (χ2v) is 7.88. The molecule has 2 unspecified atom stereocenters. The number of aliphatic hydroxyl groups excluding tert-OH is 1. The normalized spacial score (nSPS) is 21.1. The van der Waals surface area contributed by atoms with E-state index in [0.717, 1.165) is 43.8 Å². The van der Waals surface area contributed by atoms with E-state index in [9.17, 15) is 5.11 Å². The summed E-state index contributed by atoms with van der Waals surface area (Å²) in [5, 5.41) is 11.1. The van der Waals surface area contributed by atoms with Crippen LogP contribution in [-0.2, 0) is 13.0 Å². The number of nitrogens with zero attached hydrogens (tertiary/aromatic N) is 1. The van der Waals surface area contributed by atoms with Crippen LogP contribution in [0.5, 0.6) is 5.75 Å². The summed E-state index contributed by atoms with van der Waals surface area (Å²) < 4.78 is 5.70. The zero-order valence-corrected chi connectivity index (χ0v) is 16.3. The van der Waals surface area contributed by atoms with E-state index in [1.165, 1.54) is 5.56 Å². The van der Waals surface area contributed by atoms with Gasteiger partial charge in [0.15, 0.2) is 0 Å². The molecule has 0 saturated carbocycles. The molecule has 2 aromatic rings. The molecular weight excluding hydrogens is 346 g/mol. The molecular formula is C22H28ClNO2. The van der Waals surface area contributed by atoms with Gasteiger partial charge in [-0.3, -0.25) is 4.90 Å². The van der Waals surface area contributed by atoms with Crippen molar-refractivity contribution in [2.75, 3.05) is 13.1 Å². The van der Waals surface area contributed by atoms with Crippen LogP contribution in [0.15, 0.2) is 48.5 Å². The topological polar surface area (TPSA) is 32.7 Å². The molecule has 1 aliphatic heterocycles. The molecule has 1 heterocycles. The molecule has 26 heavy (non-hydrogen) atoms. The number of ether oxygens (including phenoxy) is 1. The van der Waals surface area contributed by atoms with Gasteiger partial charge < -0.3 is 9.84 Å². The largest absolute Gasteiger partial charge is 0.489 e. The van der Waals surface area contributed by atoms with Crippen LogP contribution in [0.2, 0.25) is 5.02 Å². The number of aliphatic hydroxyl groups is 1. The van der Waals surface area contributed by atoms with Crippen molar-refractivity contribution in [2.45, 2.75) is 45.4 Å². The van der Waals surface area contributed by atoms with Crippen LogP contribution in [0, 0.1) is 5.92 Å². The molecule has 4 heteroatoms. The average Bonchev–Trinajstić information content (AvgIpc) is 2.61. The first-order valence-corrected chi connectivity index (χ1v) is 9.78. The molecule has 0 spiro atoms. The Labute approximate surface area is 161 Å². The molecule has 1 N–H and O–H groups in total. The van der Waals surface area contributed by atoms with E-state index in [1.54, 1.807) is 0 Å². The van der Waals surface area contributed by atoms with Gasteiger partial charge >= 0.3 is 0 Å². The maximum Gasteiger partial charge on any atom is 0.138 e. The van der Waals surface area contributed by atoms with E-state index in [1.807, 2.05) is 32.0 Å². The first-order chi connectivity index (χ1) is 12.5. The Balaban J connectivity index is 1.63. The van der Waals surface area contributed by atoms with Gasteiger partial charge in [0.05, 0.1) is 17.2 Å². The van der Waals surface area contributed by atoms with E-state index in [0.29, 0.717) is 5.02 Å². The van der Waals surface area contributed by atoms with Crippen molar-refractivity contribution in [3.63, 3.8) is 0 Å². The fourth-order valence-corrected chi connectivity index (χ4v) is 3.85. The van der Waals surface area contributed by atoms with E-state index >= 15 is 0 Å². The first-order valence-electron chi connectivity index (χ1n) is 9.40. The molecule has 3 rings (SSSR count). The van der Waals surface area contributed by atoms with Gasteiger partial charge in [-0.05, 0) is 49.9 Å². The molecule has 0 aliphatic carbocycles. The van der Waals surface area contributed by atoms with E-state index in [4.69, 9.17) is 16.3 Å². The molecule has 1 saturated heterocycles. The highest BCUT2D eigenvalue weighted by Crippen LogP contribution is 2.29. The summed E-state index contributed by atoms with van der Waals surface area (Å²) in [6, 6.07) is 16.5. The van der Waals surface area contributed by atoms with Crippen molar-refractivity contribution in [2.24, 2.45) is 5.92 Å². The predicted molar refractivity (Wildman–Crippen MR) is 107 cm³/mol. The fourth-order valence-electron chi connectivity index (χ4n) is 3.60. The number of likely N-dealkylation sites (tertiary alicyclic amines) is 1. The van der Waals surface area contributed by atoms with Crippen molar-refractivity contribution >= 4 is 11.6 Å². The Bertz CT molecular complexity index is 705. The third-order valence-corrected chi connectivity index (χ3v) is 5.18. The van der Waals surface area contributed by atoms with Crippen molar-refractivity contribution in [1.29, 1.82) is 0 Å². The number of hydrogen-bond donors (Lipinski definition) is 1. The van der Waals surface area contributed by atoms with Gasteiger partial charge in [-0.15, -0.1) is 0 Å². The molecule has 1 fully saturated rings. The van der Waals surface area contributed by atoms with Crippen molar-refractivity contribution in [3.8, 4) is 5.75 Å². The molecule has 3 nitrogen and oxygen atoms in total. The third-order valence-electron chi connectivity index (χ3n) is 4.88. The van der Waals surface area contributed by atoms with Crippen LogP contribution < -0.4 is 4.74 Å². The van der Waals surface area contributed by atoms with Crippen LogP contribution in [0.3, 0.4) is 0 Å². The Morgan fingerprint density at radius 3 is 2.62 bits per heavy atom. The zero-order valence-electron chi connectivity index (χ0n) is 15.6. The zero-order chi connectivity index (χ0) is 18.5. The number of hydrogen-bond acceptors (Lipinski definition) is 3. The lowest BCUT2D eigenvalue weighted by Crippen LogP contribution is -2.43. The smallest absolute Gasteiger partial charge is 0.138 e. The minimum absolute atomic E-state index is 0.102. The van der Waals surface area contributed by atoms with E-state index in [2.05, 4.69) is 35.2 Å². The second-order valence-electron chi connectivity index (χ2n) is 7.47. The minimum atomic E-state index is -0.257. The molecule has 2 aromatic carbocycles. The Kier molecular flexibility index (Phi) is 6.58. The molecule has 0 radical (unpaired) electrons. The fraction of sp³-hybridized carbons (Fsp3) is 0.455. The minimum Gasteiger partial charge on any atom is -0.489 e. The molecule has 140 valence electrons. The summed E-state index contributed by atoms with van der Waals surface area (Å²) in [6.45, 7) is 6.76. The van der Waals surface area contributed by atoms with Gasteiger partial charge in [0.1, 0.15) is 5.75 Å². The van der Waals surface area contributed by atoms with Crippen molar-refractivity contribution in [1.82, 2.24) is 4.90 Å². The van der Waals surface area contributed by atoms with Crippen LogP contribution in [0.1, 0.15) is 31.4 Å². The molecule has 0 aromatic heterocycles. The Morgan fingerprint density at radius 1 is 1.15 bits per heavy atom. The predicted octanol–water partition coefficient (Wildman–Crippen LogP) is 4.55. The number of halogens is 1. The highest BCUT2D eigenvalue weighted by atomic mass is 35.5. The number of benzene rings is 2. The lowest BCUT2D eigenvalue weighted by Gasteiger charge is -2.36. The van der Waals surface area contributed by atoms with E-state index in [-0.39, 0.29) is 18.1 Å². The Hall–Kier alpha value is -1.55. The quantitative estimate of drug-likeness (QED) is 0.806. The highest BCUT2D eigenvalue weighted by molar-refractivity contribution is 6.32. The molecule has 0 bridgehead atoms. The SMILES string of the molecule is CC(C)Oc1ccc(CC2CN(Cc3ccccc3)CCC2O)cc1Cl. The second kappa shape index (κ2) is 8.90. The maximum absolute atomic E-state index is 10.5. The van der Waals surface area contributed by atoms with Gasteiger partial charge in [0, 0.05) is 25.6 Å². The van der Waals surface area contributed by atoms with Gasteiger partial charge in [-0.1, -0.05) is 48.0 Å². The monoisotopic (exact) mass is 373 g/mol. The summed E-state index contributed by atoms with van der Waals surface area (Å²) in [7, 11) is 0. The Morgan fingerprint density at radius 2 is 1.92 bits per heavy atom. The van der Waals surface area contributed by atoms with Crippen LogP contribution >= 0.6 is 11.6 Å². The number of rotatable bonds is 6. The van der Waals surface area contributed by atoms with Crippen molar-refractivity contribution in [3.05, 3.63) is 64.7 Å². The summed E-state index contributed by atoms with van der Waals surface area (Å²) in [5.41, 5.74) is 2.47. The maximum atomic E-state index is 10.5. The summed E-state index contributed by atoms with van der Waals surface area (Å²) in [4.78, 5) is 2.44. The summed E-state index contributed by atoms with van der Waals surface area (Å²) in [6.07, 6.45) is 1.49. The van der Waals surface area contributed by atoms with Crippen LogP contribution in [0.25, 0.3) is 0 Å². The molecule has 1 aliphatic rings. The van der Waals surface area contributed by atoms with Crippen LogP contribution in [0.4, 0.5) is 0 Å². The van der Waals surface area contributed by atoms with Crippen molar-refractivity contribution < 1.29 is 9.84 Å². The standard InChI is InChI=1S/C22H28ClNO2/c1-16(2)26-22-9-8-18(13-20(22)23)12-19-15-24(11-10-21(19)25)14-17-6-4-3-5-7-17/h3-9,13,16,19,21,25H,10-12,14-15H2,1-2H3. The van der Waals surface area contributed by atoms with Gasteiger partial charge in [-0.25, -0.2) is 0 Å². The number of piperidine rings is 1. The highest BCUT2D eigenvalue weighted by Gasteiger charge is 2.28. The molecule has 2 atom stereocenters. The lowest BCUT2D eigenvalue weighted by molar-refractivity contribution is 0.0239. The summed E-state index contributed by atoms with van der Waals surface area (Å²) >= 11 is 6.37. The van der Waals surface area contributed by atoms with E-state index < -0.39 is 0 Å². The van der Waals surface area contributed by atoms with Gasteiger partial charge in [0.2, 0.25) is 0 Å².